The van der Waals surface area contributed by atoms with E-state index in [9.17, 15) is 15.3 Å². The molecule has 0 saturated heterocycles. The largest absolute Gasteiger partial charge is 0.393 e. The summed E-state index contributed by atoms with van der Waals surface area (Å²) in [5.41, 5.74) is 3.12. The third-order valence-corrected chi connectivity index (χ3v) is 8.54. The molecule has 0 amide bonds. The smallest absolute Gasteiger partial charge is 0.0811 e. The van der Waals surface area contributed by atoms with Crippen molar-refractivity contribution in [3.63, 3.8) is 0 Å². The summed E-state index contributed by atoms with van der Waals surface area (Å²) in [7, 11) is 0. The van der Waals surface area contributed by atoms with Gasteiger partial charge in [-0.3, -0.25) is 0 Å². The van der Waals surface area contributed by atoms with E-state index >= 15 is 0 Å². The number of hydrogen-bond donors (Lipinski definition) is 3. The average molecular weight is 443 g/mol. The summed E-state index contributed by atoms with van der Waals surface area (Å²) >= 11 is 0. The first kappa shape index (κ1) is 25.5. The molecular formula is C29H46O3. The Hall–Kier alpha value is -1.16. The molecule has 0 spiro atoms. The van der Waals surface area contributed by atoms with E-state index in [1.54, 1.807) is 5.57 Å². The van der Waals surface area contributed by atoms with E-state index in [-0.39, 0.29) is 0 Å². The molecule has 0 radical (unpaired) electrons. The number of hydrogen-bond acceptors (Lipinski definition) is 3. The van der Waals surface area contributed by atoms with E-state index in [0.29, 0.717) is 36.0 Å². The van der Waals surface area contributed by atoms with Gasteiger partial charge in [0.2, 0.25) is 0 Å². The van der Waals surface area contributed by atoms with Gasteiger partial charge in [-0.1, -0.05) is 50.3 Å². The molecule has 6 atom stereocenters. The van der Waals surface area contributed by atoms with Crippen LogP contribution in [0.25, 0.3) is 0 Å². The van der Waals surface area contributed by atoms with Gasteiger partial charge >= 0.3 is 0 Å². The van der Waals surface area contributed by atoms with Gasteiger partial charge < -0.3 is 15.3 Å². The Labute approximate surface area is 196 Å². The molecule has 3 nitrogen and oxygen atoms in total. The molecular weight excluding hydrogens is 396 g/mol. The molecule has 0 bridgehead atoms. The fraction of sp³-hybridized carbons (Fsp3) is 0.724. The van der Waals surface area contributed by atoms with Crippen LogP contribution in [0.2, 0.25) is 0 Å². The summed E-state index contributed by atoms with van der Waals surface area (Å²) in [4.78, 5) is 0. The molecule has 3 aliphatic carbocycles. The van der Waals surface area contributed by atoms with Crippen molar-refractivity contribution < 1.29 is 15.3 Å². The molecule has 3 fully saturated rings. The maximum atomic E-state index is 10.1. The minimum Gasteiger partial charge on any atom is -0.393 e. The fourth-order valence-electron chi connectivity index (χ4n) is 6.71. The first-order valence-electron chi connectivity index (χ1n) is 12.8. The zero-order valence-electron chi connectivity index (χ0n) is 20.8. The van der Waals surface area contributed by atoms with Crippen LogP contribution in [0.5, 0.6) is 0 Å². The lowest BCUT2D eigenvalue weighted by atomic mass is 9.61. The molecule has 3 rings (SSSR count). The molecule has 0 aromatic heterocycles. The highest BCUT2D eigenvalue weighted by Gasteiger charge is 2.50. The molecule has 3 heteroatoms. The molecule has 0 aromatic carbocycles. The van der Waals surface area contributed by atoms with Crippen molar-refractivity contribution >= 4 is 0 Å². The Morgan fingerprint density at radius 1 is 1.22 bits per heavy atom. The van der Waals surface area contributed by atoms with Crippen LogP contribution in [-0.4, -0.2) is 33.1 Å². The summed E-state index contributed by atoms with van der Waals surface area (Å²) in [6.45, 7) is 12.7. The highest BCUT2D eigenvalue weighted by atomic mass is 16.3. The SMILES string of the molecule is C=C1/C(=C/C=C2\CCC[C@]3(C)C(C(C)/C=C/CCCC(C)(C)O)CC[C@@H]23)C[C@@H](O)C[C@@H]1O. The van der Waals surface area contributed by atoms with Crippen molar-refractivity contribution in [1.82, 2.24) is 0 Å². The van der Waals surface area contributed by atoms with Crippen molar-refractivity contribution in [2.75, 3.05) is 0 Å². The summed E-state index contributed by atoms with van der Waals surface area (Å²) in [6, 6.07) is 0. The topological polar surface area (TPSA) is 60.7 Å². The van der Waals surface area contributed by atoms with Gasteiger partial charge in [0, 0.05) is 6.42 Å². The predicted octanol–water partition coefficient (Wildman–Crippen LogP) is 6.26. The molecule has 3 saturated carbocycles. The fourth-order valence-corrected chi connectivity index (χ4v) is 6.71. The number of aliphatic hydroxyl groups is 3. The van der Waals surface area contributed by atoms with Crippen molar-refractivity contribution in [1.29, 1.82) is 0 Å². The molecule has 3 N–H and O–H groups in total. The van der Waals surface area contributed by atoms with Crippen LogP contribution in [0.3, 0.4) is 0 Å². The van der Waals surface area contributed by atoms with Crippen molar-refractivity contribution in [2.24, 2.45) is 23.2 Å². The minimum absolute atomic E-state index is 0.349. The highest BCUT2D eigenvalue weighted by Crippen LogP contribution is 2.59. The lowest BCUT2D eigenvalue weighted by molar-refractivity contribution is 0.0691. The Balaban J connectivity index is 1.66. The quantitative estimate of drug-likeness (QED) is 0.322. The van der Waals surface area contributed by atoms with E-state index < -0.39 is 17.8 Å². The minimum atomic E-state index is -0.619. The van der Waals surface area contributed by atoms with Gasteiger partial charge in [-0.05, 0) is 106 Å². The molecule has 0 heterocycles. The molecule has 0 aliphatic heterocycles. The Morgan fingerprint density at radius 3 is 2.69 bits per heavy atom. The number of rotatable bonds is 7. The third kappa shape index (κ3) is 6.04. The number of aliphatic hydroxyl groups excluding tert-OH is 2. The van der Waals surface area contributed by atoms with Gasteiger partial charge in [0.05, 0.1) is 17.8 Å². The molecule has 0 aromatic rings. The monoisotopic (exact) mass is 442 g/mol. The van der Waals surface area contributed by atoms with Crippen LogP contribution in [0.1, 0.15) is 91.9 Å². The maximum Gasteiger partial charge on any atom is 0.0811 e. The molecule has 180 valence electrons. The standard InChI is InChI=1S/C29H46O3/c1-20(10-7-6-8-16-28(3,4)32)25-14-15-26-22(11-9-17-29(25,26)5)12-13-23-18-24(30)19-27(31)21(23)2/h7,10,12-13,20,24-27,30-32H,2,6,8-9,11,14-19H2,1,3-5H3/b10-7+,22-12+,23-13+/t20?,24-,25?,26+,27+,29-/m1/s1. The zero-order valence-corrected chi connectivity index (χ0v) is 20.8. The van der Waals surface area contributed by atoms with Crippen molar-refractivity contribution in [3.8, 4) is 0 Å². The number of allylic oxidation sites excluding steroid dienone is 5. The van der Waals surface area contributed by atoms with Crippen LogP contribution < -0.4 is 0 Å². The second-order valence-corrected chi connectivity index (χ2v) is 11.7. The first-order valence-corrected chi connectivity index (χ1v) is 12.8. The zero-order chi connectivity index (χ0) is 23.5. The summed E-state index contributed by atoms with van der Waals surface area (Å²) in [6.07, 6.45) is 18.3. The van der Waals surface area contributed by atoms with Crippen LogP contribution in [0, 0.1) is 23.2 Å². The Kier molecular flexibility index (Phi) is 8.28. The number of fused-ring (bicyclic) bond motifs is 1. The van der Waals surface area contributed by atoms with Gasteiger partial charge in [-0.15, -0.1) is 0 Å². The van der Waals surface area contributed by atoms with E-state index in [1.165, 1.54) is 25.7 Å². The lowest BCUT2D eigenvalue weighted by Crippen LogP contribution is -2.35. The van der Waals surface area contributed by atoms with Gasteiger partial charge in [-0.25, -0.2) is 0 Å². The number of unbranched alkanes of at least 4 members (excludes halogenated alkanes) is 1. The second kappa shape index (κ2) is 10.4. The Morgan fingerprint density at radius 2 is 1.97 bits per heavy atom. The maximum absolute atomic E-state index is 10.1. The van der Waals surface area contributed by atoms with Crippen molar-refractivity contribution in [3.05, 3.63) is 47.6 Å². The second-order valence-electron chi connectivity index (χ2n) is 11.7. The van der Waals surface area contributed by atoms with Crippen LogP contribution in [0.4, 0.5) is 0 Å². The summed E-state index contributed by atoms with van der Waals surface area (Å²) in [5, 5.41) is 30.1. The van der Waals surface area contributed by atoms with Crippen LogP contribution in [-0.2, 0) is 0 Å². The molecule has 2 unspecified atom stereocenters. The first-order chi connectivity index (χ1) is 15.0. The lowest BCUT2D eigenvalue weighted by Gasteiger charge is -2.44. The van der Waals surface area contributed by atoms with Gasteiger partial charge in [0.15, 0.2) is 0 Å². The van der Waals surface area contributed by atoms with E-state index in [2.05, 4.69) is 44.7 Å². The molecule has 3 aliphatic rings. The van der Waals surface area contributed by atoms with Crippen LogP contribution >= 0.6 is 0 Å². The summed E-state index contributed by atoms with van der Waals surface area (Å²) < 4.78 is 0. The normalized spacial score (nSPS) is 37.4. The van der Waals surface area contributed by atoms with Crippen LogP contribution in [0.15, 0.2) is 47.6 Å². The van der Waals surface area contributed by atoms with Gasteiger partial charge in [-0.2, -0.15) is 0 Å². The van der Waals surface area contributed by atoms with Crippen molar-refractivity contribution in [2.45, 2.75) is 110 Å². The summed E-state index contributed by atoms with van der Waals surface area (Å²) in [5.74, 6) is 1.92. The Bertz CT molecular complexity index is 753. The highest BCUT2D eigenvalue weighted by molar-refractivity contribution is 5.38. The van der Waals surface area contributed by atoms with Gasteiger partial charge in [0.25, 0.3) is 0 Å². The average Bonchev–Trinajstić information content (AvgIpc) is 3.06. The van der Waals surface area contributed by atoms with Gasteiger partial charge in [0.1, 0.15) is 0 Å². The van der Waals surface area contributed by atoms with E-state index in [1.807, 2.05) is 13.8 Å². The van der Waals surface area contributed by atoms with E-state index in [0.717, 1.165) is 36.8 Å². The van der Waals surface area contributed by atoms with E-state index in [4.69, 9.17) is 0 Å². The predicted molar refractivity (Wildman–Crippen MR) is 133 cm³/mol. The third-order valence-electron chi connectivity index (χ3n) is 8.54. The molecule has 32 heavy (non-hydrogen) atoms.